The van der Waals surface area contributed by atoms with E-state index in [-0.39, 0.29) is 29.3 Å². The van der Waals surface area contributed by atoms with Crippen LogP contribution in [0.5, 0.6) is 5.75 Å². The molecule has 0 aliphatic carbocycles. The highest BCUT2D eigenvalue weighted by Crippen LogP contribution is 2.29. The van der Waals surface area contributed by atoms with E-state index in [9.17, 15) is 14.7 Å². The number of rotatable bonds is 7. The second kappa shape index (κ2) is 8.53. The summed E-state index contributed by atoms with van der Waals surface area (Å²) in [7, 11) is 0. The molecule has 0 saturated heterocycles. The molecule has 9 heteroatoms. The molecule has 0 atom stereocenters. The van der Waals surface area contributed by atoms with Crippen LogP contribution in [0.3, 0.4) is 0 Å². The first kappa shape index (κ1) is 19.4. The van der Waals surface area contributed by atoms with Crippen LogP contribution in [0, 0.1) is 0 Å². The van der Waals surface area contributed by atoms with Gasteiger partial charge in [-0.1, -0.05) is 28.9 Å². The van der Waals surface area contributed by atoms with Crippen LogP contribution in [0.4, 0.5) is 5.69 Å². The summed E-state index contributed by atoms with van der Waals surface area (Å²) in [6.07, 6.45) is 0.967. The molecular formula is C19H16ClN3O5. The zero-order valence-corrected chi connectivity index (χ0v) is 15.3. The summed E-state index contributed by atoms with van der Waals surface area (Å²) in [6, 6.07) is 10.6. The van der Waals surface area contributed by atoms with Crippen LogP contribution < -0.4 is 5.32 Å². The highest BCUT2D eigenvalue weighted by Gasteiger charge is 2.14. The number of para-hydroxylation sites is 1. The summed E-state index contributed by atoms with van der Waals surface area (Å²) in [5.41, 5.74) is 0.808. The maximum atomic E-state index is 12.1. The molecule has 0 aliphatic heterocycles. The number of carboxylic acids is 1. The van der Waals surface area contributed by atoms with Crippen LogP contribution in [-0.4, -0.2) is 32.2 Å². The van der Waals surface area contributed by atoms with Crippen molar-refractivity contribution < 1.29 is 24.3 Å². The molecule has 0 aliphatic rings. The molecule has 2 aromatic carbocycles. The second-order valence-electron chi connectivity index (χ2n) is 5.93. The summed E-state index contributed by atoms with van der Waals surface area (Å²) < 4.78 is 5.16. The number of phenolic OH excluding ortho intramolecular Hbond substituents is 1. The number of aromatic carboxylic acids is 1. The Kier molecular flexibility index (Phi) is 5.90. The number of aromatic nitrogens is 2. The Bertz CT molecular complexity index is 1020. The van der Waals surface area contributed by atoms with E-state index in [1.165, 1.54) is 24.3 Å². The number of carbonyl (C=O) groups excluding carboxylic acids is 1. The molecule has 0 spiro atoms. The van der Waals surface area contributed by atoms with E-state index < -0.39 is 5.97 Å². The Morgan fingerprint density at radius 2 is 1.96 bits per heavy atom. The standard InChI is InChI=1S/C19H16ClN3O5/c20-14-10-11(24)8-9-12(14)18-22-17(28-23-18)7-3-6-16(25)21-15-5-2-1-4-13(15)19(26)27/h1-2,4-5,8-10,24H,3,6-7H2,(H,21,25)(H,26,27). The van der Waals surface area contributed by atoms with E-state index in [0.717, 1.165) is 0 Å². The number of anilines is 1. The largest absolute Gasteiger partial charge is 0.508 e. The van der Waals surface area contributed by atoms with Crippen LogP contribution in [0.1, 0.15) is 29.1 Å². The van der Waals surface area contributed by atoms with Gasteiger partial charge in [-0.25, -0.2) is 4.79 Å². The Balaban J connectivity index is 1.55. The van der Waals surface area contributed by atoms with Crippen molar-refractivity contribution in [3.8, 4) is 17.1 Å². The first-order valence-electron chi connectivity index (χ1n) is 8.37. The number of carbonyl (C=O) groups is 2. The lowest BCUT2D eigenvalue weighted by Gasteiger charge is -2.07. The molecule has 0 saturated carbocycles. The van der Waals surface area contributed by atoms with Gasteiger partial charge in [0.1, 0.15) is 5.75 Å². The van der Waals surface area contributed by atoms with Gasteiger partial charge in [0.25, 0.3) is 0 Å². The quantitative estimate of drug-likeness (QED) is 0.550. The van der Waals surface area contributed by atoms with Crippen LogP contribution in [0.25, 0.3) is 11.4 Å². The van der Waals surface area contributed by atoms with Crippen molar-refractivity contribution >= 4 is 29.2 Å². The predicted molar refractivity (Wildman–Crippen MR) is 101 cm³/mol. The van der Waals surface area contributed by atoms with E-state index in [4.69, 9.17) is 21.2 Å². The molecule has 3 N–H and O–H groups in total. The van der Waals surface area contributed by atoms with Crippen molar-refractivity contribution in [3.63, 3.8) is 0 Å². The molecule has 144 valence electrons. The van der Waals surface area contributed by atoms with Gasteiger partial charge in [0.05, 0.1) is 16.3 Å². The van der Waals surface area contributed by atoms with Gasteiger partial charge in [0, 0.05) is 18.4 Å². The fourth-order valence-electron chi connectivity index (χ4n) is 2.54. The molecule has 0 fully saturated rings. The summed E-state index contributed by atoms with van der Waals surface area (Å²) >= 11 is 6.05. The number of halogens is 1. The number of benzene rings is 2. The molecule has 0 radical (unpaired) electrons. The van der Waals surface area contributed by atoms with Crippen LogP contribution in [0.15, 0.2) is 47.0 Å². The highest BCUT2D eigenvalue weighted by molar-refractivity contribution is 6.33. The normalized spacial score (nSPS) is 10.6. The summed E-state index contributed by atoms with van der Waals surface area (Å²) in [5.74, 6) is -0.747. The Hall–Kier alpha value is -3.39. The topological polar surface area (TPSA) is 126 Å². The molecule has 0 bridgehead atoms. The molecular weight excluding hydrogens is 386 g/mol. The number of phenols is 1. The monoisotopic (exact) mass is 401 g/mol. The Morgan fingerprint density at radius 1 is 1.18 bits per heavy atom. The van der Waals surface area contributed by atoms with Gasteiger partial charge in [-0.05, 0) is 36.8 Å². The number of aromatic hydroxyl groups is 1. The number of carboxylic acid groups (broad SMARTS) is 1. The average molecular weight is 402 g/mol. The van der Waals surface area contributed by atoms with Gasteiger partial charge in [0.15, 0.2) is 0 Å². The number of aryl methyl sites for hydroxylation is 1. The van der Waals surface area contributed by atoms with Gasteiger partial charge in [0.2, 0.25) is 17.6 Å². The average Bonchev–Trinajstić information content (AvgIpc) is 3.10. The van der Waals surface area contributed by atoms with Gasteiger partial charge in [-0.3, -0.25) is 4.79 Å². The van der Waals surface area contributed by atoms with Crippen molar-refractivity contribution in [1.82, 2.24) is 10.1 Å². The molecule has 1 amide bonds. The zero-order chi connectivity index (χ0) is 20.1. The molecule has 3 rings (SSSR count). The number of hydrogen-bond donors (Lipinski definition) is 3. The predicted octanol–water partition coefficient (Wildman–Crippen LogP) is 3.76. The molecule has 28 heavy (non-hydrogen) atoms. The minimum Gasteiger partial charge on any atom is -0.508 e. The van der Waals surface area contributed by atoms with E-state index >= 15 is 0 Å². The number of amides is 1. The Morgan fingerprint density at radius 3 is 2.71 bits per heavy atom. The van der Waals surface area contributed by atoms with E-state index in [0.29, 0.717) is 35.1 Å². The third-order valence-electron chi connectivity index (χ3n) is 3.89. The lowest BCUT2D eigenvalue weighted by atomic mass is 10.1. The van der Waals surface area contributed by atoms with Crippen LogP contribution in [0.2, 0.25) is 5.02 Å². The maximum Gasteiger partial charge on any atom is 0.337 e. The maximum absolute atomic E-state index is 12.1. The van der Waals surface area contributed by atoms with Gasteiger partial charge < -0.3 is 20.1 Å². The molecule has 8 nitrogen and oxygen atoms in total. The third kappa shape index (κ3) is 4.66. The van der Waals surface area contributed by atoms with E-state index in [1.54, 1.807) is 18.2 Å². The van der Waals surface area contributed by atoms with Crippen molar-refractivity contribution in [3.05, 3.63) is 58.9 Å². The number of nitrogens with zero attached hydrogens (tertiary/aromatic N) is 2. The third-order valence-corrected chi connectivity index (χ3v) is 4.20. The fourth-order valence-corrected chi connectivity index (χ4v) is 2.80. The summed E-state index contributed by atoms with van der Waals surface area (Å²) in [4.78, 5) is 27.5. The van der Waals surface area contributed by atoms with Crippen molar-refractivity contribution in [1.29, 1.82) is 0 Å². The van der Waals surface area contributed by atoms with Crippen molar-refractivity contribution in [2.45, 2.75) is 19.3 Å². The second-order valence-corrected chi connectivity index (χ2v) is 6.34. The number of nitrogens with one attached hydrogen (secondary N) is 1. The van der Waals surface area contributed by atoms with Crippen LogP contribution in [-0.2, 0) is 11.2 Å². The first-order chi connectivity index (χ1) is 13.4. The lowest BCUT2D eigenvalue weighted by Crippen LogP contribution is -2.14. The van der Waals surface area contributed by atoms with E-state index in [1.807, 2.05) is 0 Å². The number of hydrogen-bond acceptors (Lipinski definition) is 6. The van der Waals surface area contributed by atoms with Crippen molar-refractivity contribution in [2.75, 3.05) is 5.32 Å². The van der Waals surface area contributed by atoms with Crippen molar-refractivity contribution in [2.24, 2.45) is 0 Å². The van der Waals surface area contributed by atoms with E-state index in [2.05, 4.69) is 15.5 Å². The molecule has 0 unspecified atom stereocenters. The first-order valence-corrected chi connectivity index (χ1v) is 8.75. The SMILES string of the molecule is O=C(CCCc1nc(-c2ccc(O)cc2Cl)no1)Nc1ccccc1C(=O)O. The smallest absolute Gasteiger partial charge is 0.337 e. The van der Waals surface area contributed by atoms with Gasteiger partial charge in [-0.2, -0.15) is 4.98 Å². The highest BCUT2D eigenvalue weighted by atomic mass is 35.5. The Labute approximate surface area is 164 Å². The molecule has 1 aromatic heterocycles. The zero-order valence-electron chi connectivity index (χ0n) is 14.6. The molecule has 1 heterocycles. The van der Waals surface area contributed by atoms with Gasteiger partial charge in [-0.15, -0.1) is 0 Å². The summed E-state index contributed by atoms with van der Waals surface area (Å²) in [6.45, 7) is 0. The van der Waals surface area contributed by atoms with Crippen LogP contribution >= 0.6 is 11.6 Å². The minimum absolute atomic E-state index is 0.0307. The molecule has 3 aromatic rings. The summed E-state index contributed by atoms with van der Waals surface area (Å²) in [5, 5.41) is 25.3. The lowest BCUT2D eigenvalue weighted by molar-refractivity contribution is -0.116. The minimum atomic E-state index is -1.11. The fraction of sp³-hybridized carbons (Fsp3) is 0.158. The van der Waals surface area contributed by atoms with Gasteiger partial charge >= 0.3 is 5.97 Å².